The van der Waals surface area contributed by atoms with E-state index >= 15 is 0 Å². The van der Waals surface area contributed by atoms with Crippen LogP contribution in [0.25, 0.3) is 22.2 Å². The SMILES string of the molecule is Brc1ccccc1Cn1cc(-c2ccc3[nH]ncc3c2)nn1.Cc1ccccc1CBr. The van der Waals surface area contributed by atoms with Crippen LogP contribution >= 0.6 is 31.9 Å². The molecule has 0 saturated carbocycles. The maximum Gasteiger partial charge on any atom is 0.113 e. The minimum atomic E-state index is 0.683. The summed E-state index contributed by atoms with van der Waals surface area (Å²) in [6, 6.07) is 22.6. The lowest BCUT2D eigenvalue weighted by molar-refractivity contribution is 0.648. The molecule has 156 valence electrons. The van der Waals surface area contributed by atoms with E-state index in [4.69, 9.17) is 0 Å². The molecule has 0 saturated heterocycles. The van der Waals surface area contributed by atoms with Crippen LogP contribution in [-0.2, 0) is 11.9 Å². The number of nitrogens with one attached hydrogen (secondary N) is 1. The Labute approximate surface area is 197 Å². The number of aromatic nitrogens is 5. The number of halogens is 2. The van der Waals surface area contributed by atoms with Gasteiger partial charge in [-0.2, -0.15) is 5.10 Å². The summed E-state index contributed by atoms with van der Waals surface area (Å²) in [7, 11) is 0. The Kier molecular flexibility index (Phi) is 6.94. The van der Waals surface area contributed by atoms with E-state index in [-0.39, 0.29) is 0 Å². The Balaban J connectivity index is 0.000000217. The maximum absolute atomic E-state index is 4.27. The summed E-state index contributed by atoms with van der Waals surface area (Å²) in [4.78, 5) is 0. The van der Waals surface area contributed by atoms with E-state index in [1.165, 1.54) is 16.7 Å². The number of aromatic amines is 1. The molecule has 0 aliphatic carbocycles. The molecule has 0 radical (unpaired) electrons. The van der Waals surface area contributed by atoms with Crippen molar-refractivity contribution in [3.8, 4) is 11.3 Å². The highest BCUT2D eigenvalue weighted by Crippen LogP contribution is 2.22. The number of aryl methyl sites for hydroxylation is 1. The van der Waals surface area contributed by atoms with Crippen LogP contribution < -0.4 is 0 Å². The molecule has 0 unspecified atom stereocenters. The lowest BCUT2D eigenvalue weighted by Crippen LogP contribution is -2.00. The van der Waals surface area contributed by atoms with E-state index in [2.05, 4.69) is 95.7 Å². The van der Waals surface area contributed by atoms with Crippen LogP contribution in [0.5, 0.6) is 0 Å². The molecule has 0 amide bonds. The molecule has 0 spiro atoms. The van der Waals surface area contributed by atoms with E-state index < -0.39 is 0 Å². The zero-order chi connectivity index (χ0) is 21.6. The molecule has 0 bridgehead atoms. The predicted molar refractivity (Wildman–Crippen MR) is 132 cm³/mol. The summed E-state index contributed by atoms with van der Waals surface area (Å²) in [5.74, 6) is 0. The summed E-state index contributed by atoms with van der Waals surface area (Å²) in [6.45, 7) is 2.80. The fraction of sp³-hybridized carbons (Fsp3) is 0.125. The molecule has 2 heterocycles. The third kappa shape index (κ3) is 5.29. The number of rotatable bonds is 4. The second-order valence-corrected chi connectivity index (χ2v) is 8.54. The van der Waals surface area contributed by atoms with Gasteiger partial charge < -0.3 is 0 Å². The van der Waals surface area contributed by atoms with Gasteiger partial charge in [-0.15, -0.1) is 5.10 Å². The molecule has 0 aliphatic heterocycles. The van der Waals surface area contributed by atoms with Gasteiger partial charge >= 0.3 is 0 Å². The number of alkyl halides is 1. The Morgan fingerprint density at radius 3 is 2.48 bits per heavy atom. The number of nitrogens with zero attached hydrogens (tertiary/aromatic N) is 4. The lowest BCUT2D eigenvalue weighted by Gasteiger charge is -2.03. The third-order valence-electron chi connectivity index (χ3n) is 4.97. The van der Waals surface area contributed by atoms with Crippen molar-refractivity contribution in [2.75, 3.05) is 0 Å². The van der Waals surface area contributed by atoms with Gasteiger partial charge in [0.25, 0.3) is 0 Å². The molecule has 5 nitrogen and oxygen atoms in total. The van der Waals surface area contributed by atoms with Crippen molar-refractivity contribution in [2.45, 2.75) is 18.8 Å². The molecule has 0 atom stereocenters. The number of benzene rings is 3. The molecule has 31 heavy (non-hydrogen) atoms. The minimum Gasteiger partial charge on any atom is -0.278 e. The quantitative estimate of drug-likeness (QED) is 0.265. The first-order valence-electron chi connectivity index (χ1n) is 9.81. The summed E-state index contributed by atoms with van der Waals surface area (Å²) in [5.41, 5.74) is 6.81. The molecule has 0 aliphatic rings. The van der Waals surface area contributed by atoms with Crippen molar-refractivity contribution >= 4 is 42.8 Å². The van der Waals surface area contributed by atoms with Crippen LogP contribution in [0, 0.1) is 6.92 Å². The monoisotopic (exact) mass is 537 g/mol. The number of hydrogen-bond acceptors (Lipinski definition) is 3. The minimum absolute atomic E-state index is 0.683. The first-order valence-corrected chi connectivity index (χ1v) is 11.7. The molecule has 2 aromatic heterocycles. The van der Waals surface area contributed by atoms with Gasteiger partial charge in [-0.3, -0.25) is 5.10 Å². The number of fused-ring (bicyclic) bond motifs is 1. The topological polar surface area (TPSA) is 59.4 Å². The van der Waals surface area contributed by atoms with Gasteiger partial charge in [-0.1, -0.05) is 85.6 Å². The molecule has 7 heteroatoms. The van der Waals surface area contributed by atoms with Gasteiger partial charge in [0.15, 0.2) is 0 Å². The molecule has 5 rings (SSSR count). The molecule has 1 N–H and O–H groups in total. The Morgan fingerprint density at radius 1 is 0.968 bits per heavy atom. The van der Waals surface area contributed by atoms with Crippen molar-refractivity contribution in [2.24, 2.45) is 0 Å². The van der Waals surface area contributed by atoms with Crippen molar-refractivity contribution in [3.05, 3.63) is 100 Å². The highest BCUT2D eigenvalue weighted by molar-refractivity contribution is 9.10. The fourth-order valence-electron chi connectivity index (χ4n) is 3.17. The van der Waals surface area contributed by atoms with Gasteiger partial charge in [-0.05, 0) is 41.8 Å². The highest BCUT2D eigenvalue weighted by atomic mass is 79.9. The number of hydrogen-bond donors (Lipinski definition) is 1. The van der Waals surface area contributed by atoms with E-state index in [9.17, 15) is 0 Å². The standard InChI is InChI=1S/C16H12BrN5.C8H9Br/c17-14-4-2-1-3-12(14)9-22-10-16(20-21-22)11-5-6-15-13(7-11)8-18-19-15;1-7-4-2-3-5-8(7)6-9/h1-8,10H,9H2,(H,18,19);2-5H,6H2,1H3. The van der Waals surface area contributed by atoms with Crippen LogP contribution in [0.2, 0.25) is 0 Å². The predicted octanol–water partition coefficient (Wildman–Crippen LogP) is 6.52. The normalized spacial score (nSPS) is 10.7. The first-order chi connectivity index (χ1) is 15.1. The van der Waals surface area contributed by atoms with Crippen molar-refractivity contribution in [3.63, 3.8) is 0 Å². The van der Waals surface area contributed by atoms with E-state index in [1.54, 1.807) is 0 Å². The Morgan fingerprint density at radius 2 is 1.74 bits per heavy atom. The molecule has 0 fully saturated rings. The van der Waals surface area contributed by atoms with Gasteiger partial charge in [0.1, 0.15) is 5.69 Å². The second kappa shape index (κ2) is 10.0. The average Bonchev–Trinajstić information content (AvgIpc) is 3.45. The van der Waals surface area contributed by atoms with Gasteiger partial charge in [0, 0.05) is 20.8 Å². The maximum atomic E-state index is 4.27. The fourth-order valence-corrected chi connectivity index (χ4v) is 4.21. The zero-order valence-corrected chi connectivity index (χ0v) is 20.1. The average molecular weight is 539 g/mol. The second-order valence-electron chi connectivity index (χ2n) is 7.12. The van der Waals surface area contributed by atoms with Crippen molar-refractivity contribution in [1.82, 2.24) is 25.2 Å². The van der Waals surface area contributed by atoms with E-state index in [1.807, 2.05) is 47.4 Å². The van der Waals surface area contributed by atoms with E-state index in [0.29, 0.717) is 6.54 Å². The molecule has 5 aromatic rings. The molecular weight excluding hydrogens is 518 g/mol. The van der Waals surface area contributed by atoms with Crippen LogP contribution in [-0.4, -0.2) is 25.2 Å². The van der Waals surface area contributed by atoms with Crippen LogP contribution in [0.3, 0.4) is 0 Å². The smallest absolute Gasteiger partial charge is 0.113 e. The van der Waals surface area contributed by atoms with Crippen LogP contribution in [0.4, 0.5) is 0 Å². The number of H-pyrrole nitrogens is 1. The van der Waals surface area contributed by atoms with Gasteiger partial charge in [0.2, 0.25) is 0 Å². The van der Waals surface area contributed by atoms with Gasteiger partial charge in [-0.25, -0.2) is 4.68 Å². The van der Waals surface area contributed by atoms with Crippen molar-refractivity contribution < 1.29 is 0 Å². The summed E-state index contributed by atoms with van der Waals surface area (Å²) in [5, 5.41) is 17.5. The summed E-state index contributed by atoms with van der Waals surface area (Å²) < 4.78 is 2.92. The third-order valence-corrected chi connectivity index (χ3v) is 6.35. The van der Waals surface area contributed by atoms with Crippen LogP contribution in [0.1, 0.15) is 16.7 Å². The van der Waals surface area contributed by atoms with Gasteiger partial charge in [0.05, 0.1) is 24.5 Å². The zero-order valence-electron chi connectivity index (χ0n) is 17.0. The summed E-state index contributed by atoms with van der Waals surface area (Å²) in [6.07, 6.45) is 3.77. The Bertz CT molecular complexity index is 1290. The first kappa shape index (κ1) is 21.5. The Hall–Kier alpha value is -2.77. The molecular formula is C24H21Br2N5. The summed E-state index contributed by atoms with van der Waals surface area (Å²) >= 11 is 6.96. The highest BCUT2D eigenvalue weighted by Gasteiger charge is 2.07. The van der Waals surface area contributed by atoms with Crippen molar-refractivity contribution in [1.29, 1.82) is 0 Å². The van der Waals surface area contributed by atoms with Crippen LogP contribution in [0.15, 0.2) is 83.6 Å². The largest absolute Gasteiger partial charge is 0.278 e. The molecule has 3 aromatic carbocycles. The van der Waals surface area contributed by atoms with E-state index in [0.717, 1.165) is 32.0 Å². The lowest BCUT2D eigenvalue weighted by atomic mass is 10.1.